The molecule has 1 aromatic rings. The highest BCUT2D eigenvalue weighted by Crippen LogP contribution is 2.23. The van der Waals surface area contributed by atoms with Crippen molar-refractivity contribution in [3.63, 3.8) is 0 Å². The maximum atomic E-state index is 12.1. The van der Waals surface area contributed by atoms with E-state index in [1.54, 1.807) is 6.92 Å². The number of benzene rings is 1. The van der Waals surface area contributed by atoms with E-state index in [0.29, 0.717) is 18.0 Å². The second-order valence-corrected chi connectivity index (χ2v) is 6.56. The number of nitrogens with zero attached hydrogens (tertiary/aromatic N) is 1. The number of rotatable bonds is 6. The summed E-state index contributed by atoms with van der Waals surface area (Å²) in [4.78, 5) is 34.5. The normalized spacial score (nSPS) is 16.1. The Morgan fingerprint density at radius 3 is 2.60 bits per heavy atom. The number of aryl methyl sites for hydroxylation is 1. The van der Waals surface area contributed by atoms with Gasteiger partial charge in [0.05, 0.1) is 10.5 Å². The number of ether oxygens (including phenoxy) is 1. The van der Waals surface area contributed by atoms with Gasteiger partial charge < -0.3 is 10.1 Å². The molecule has 0 radical (unpaired) electrons. The Balaban J connectivity index is 1.87. The van der Waals surface area contributed by atoms with Crippen LogP contribution in [-0.4, -0.2) is 29.4 Å². The van der Waals surface area contributed by atoms with E-state index in [1.165, 1.54) is 44.4 Å². The van der Waals surface area contributed by atoms with E-state index in [9.17, 15) is 19.7 Å². The molecule has 0 saturated heterocycles. The van der Waals surface area contributed by atoms with E-state index in [4.69, 9.17) is 4.74 Å². The van der Waals surface area contributed by atoms with Gasteiger partial charge >= 0.3 is 5.97 Å². The molecule has 0 spiro atoms. The lowest BCUT2D eigenvalue weighted by molar-refractivity contribution is -0.385. The minimum absolute atomic E-state index is 0.0603. The largest absolute Gasteiger partial charge is 0.449 e. The molecule has 1 amide bonds. The van der Waals surface area contributed by atoms with Crippen LogP contribution < -0.4 is 5.32 Å². The molecule has 1 saturated carbocycles. The number of esters is 1. The topological polar surface area (TPSA) is 98.5 Å². The maximum absolute atomic E-state index is 12.1. The van der Waals surface area contributed by atoms with Crippen LogP contribution in [0.4, 0.5) is 5.69 Å². The number of carbonyl (C=O) groups is 2. The molecule has 0 aromatic heterocycles. The average Bonchev–Trinajstić information content (AvgIpc) is 2.59. The Bertz CT molecular complexity index is 653. The van der Waals surface area contributed by atoms with Crippen molar-refractivity contribution < 1.29 is 19.2 Å². The van der Waals surface area contributed by atoms with Gasteiger partial charge in [-0.2, -0.15) is 0 Å². The fraction of sp³-hybridized carbons (Fsp3) is 0.556. The minimum Gasteiger partial charge on any atom is -0.449 e. The van der Waals surface area contributed by atoms with Crippen molar-refractivity contribution in [2.24, 2.45) is 5.92 Å². The van der Waals surface area contributed by atoms with Gasteiger partial charge in [-0.1, -0.05) is 19.3 Å². The Morgan fingerprint density at radius 1 is 1.32 bits per heavy atom. The molecule has 7 heteroatoms. The number of hydrogen-bond donors (Lipinski definition) is 1. The van der Waals surface area contributed by atoms with Crippen molar-refractivity contribution >= 4 is 17.6 Å². The first-order chi connectivity index (χ1) is 11.9. The average molecular weight is 348 g/mol. The molecule has 1 aliphatic rings. The van der Waals surface area contributed by atoms with Crippen LogP contribution in [0.25, 0.3) is 0 Å². The van der Waals surface area contributed by atoms with Crippen LogP contribution in [0.3, 0.4) is 0 Å². The Morgan fingerprint density at radius 2 is 2.00 bits per heavy atom. The summed E-state index contributed by atoms with van der Waals surface area (Å²) in [5.74, 6) is -0.492. The Labute approximate surface area is 146 Å². The fourth-order valence-corrected chi connectivity index (χ4v) is 3.05. The number of nitrogens with one attached hydrogen (secondary N) is 1. The Kier molecular flexibility index (Phi) is 6.50. The number of nitro benzene ring substituents is 1. The van der Waals surface area contributed by atoms with Crippen molar-refractivity contribution in [3.8, 4) is 0 Å². The highest BCUT2D eigenvalue weighted by atomic mass is 16.6. The molecule has 0 heterocycles. The quantitative estimate of drug-likeness (QED) is 0.484. The van der Waals surface area contributed by atoms with Crippen LogP contribution >= 0.6 is 0 Å². The van der Waals surface area contributed by atoms with Gasteiger partial charge in [-0.25, -0.2) is 4.79 Å². The lowest BCUT2D eigenvalue weighted by Crippen LogP contribution is -2.38. The first-order valence-electron chi connectivity index (χ1n) is 8.62. The van der Waals surface area contributed by atoms with Crippen LogP contribution in [0.1, 0.15) is 54.9 Å². The molecule has 0 unspecified atom stereocenters. The summed E-state index contributed by atoms with van der Waals surface area (Å²) in [6.45, 7) is 3.68. The van der Waals surface area contributed by atoms with Crippen molar-refractivity contribution in [1.82, 2.24) is 5.32 Å². The molecule has 1 N–H and O–H groups in total. The predicted octanol–water partition coefficient (Wildman–Crippen LogP) is 3.15. The highest BCUT2D eigenvalue weighted by Gasteiger charge is 2.22. The molecular weight excluding hydrogens is 324 g/mol. The minimum atomic E-state index is -0.911. The van der Waals surface area contributed by atoms with Crippen molar-refractivity contribution in [2.75, 3.05) is 6.54 Å². The summed E-state index contributed by atoms with van der Waals surface area (Å²) in [5, 5.41) is 13.6. The first-order valence-corrected chi connectivity index (χ1v) is 8.62. The van der Waals surface area contributed by atoms with E-state index in [1.807, 2.05) is 0 Å². The molecule has 2 rings (SSSR count). The third-order valence-corrected chi connectivity index (χ3v) is 4.57. The number of amides is 1. The number of hydrogen-bond acceptors (Lipinski definition) is 5. The lowest BCUT2D eigenvalue weighted by Gasteiger charge is -2.22. The zero-order valence-corrected chi connectivity index (χ0v) is 14.6. The highest BCUT2D eigenvalue weighted by molar-refractivity contribution is 5.92. The second-order valence-electron chi connectivity index (χ2n) is 6.56. The summed E-state index contributed by atoms with van der Waals surface area (Å²) in [6, 6.07) is 3.99. The second kappa shape index (κ2) is 8.60. The summed E-state index contributed by atoms with van der Waals surface area (Å²) in [7, 11) is 0. The van der Waals surface area contributed by atoms with E-state index in [2.05, 4.69) is 5.32 Å². The molecule has 1 fully saturated rings. The standard InChI is InChI=1S/C18H24N2O5/c1-12-10-15(8-9-16(12)20(23)24)18(22)25-13(2)17(21)19-11-14-6-4-3-5-7-14/h8-10,13-14H,3-7,11H2,1-2H3,(H,19,21)/t13-/m1/s1. The van der Waals surface area contributed by atoms with Crippen LogP contribution in [0.2, 0.25) is 0 Å². The molecule has 0 aliphatic heterocycles. The fourth-order valence-electron chi connectivity index (χ4n) is 3.05. The van der Waals surface area contributed by atoms with Crippen LogP contribution in [-0.2, 0) is 9.53 Å². The van der Waals surface area contributed by atoms with Gasteiger partial charge in [-0.05, 0) is 44.7 Å². The molecule has 7 nitrogen and oxygen atoms in total. The molecule has 1 atom stereocenters. The van der Waals surface area contributed by atoms with Gasteiger partial charge in [-0.3, -0.25) is 14.9 Å². The molecule has 136 valence electrons. The molecule has 1 aliphatic carbocycles. The van der Waals surface area contributed by atoms with Crippen molar-refractivity contribution in [3.05, 3.63) is 39.4 Å². The zero-order chi connectivity index (χ0) is 18.4. The first kappa shape index (κ1) is 18.9. The molecule has 1 aromatic carbocycles. The third kappa shape index (κ3) is 5.27. The predicted molar refractivity (Wildman–Crippen MR) is 92.3 cm³/mol. The van der Waals surface area contributed by atoms with Crippen molar-refractivity contribution in [2.45, 2.75) is 52.1 Å². The zero-order valence-electron chi connectivity index (χ0n) is 14.6. The van der Waals surface area contributed by atoms with Crippen molar-refractivity contribution in [1.29, 1.82) is 0 Å². The Hall–Kier alpha value is -2.44. The number of nitro groups is 1. The summed E-state index contributed by atoms with van der Waals surface area (Å²) in [5.41, 5.74) is 0.499. The van der Waals surface area contributed by atoms with Gasteiger partial charge in [-0.15, -0.1) is 0 Å². The third-order valence-electron chi connectivity index (χ3n) is 4.57. The van der Waals surface area contributed by atoms with Gasteiger partial charge in [0, 0.05) is 18.2 Å². The van der Waals surface area contributed by atoms with Gasteiger partial charge in [0.1, 0.15) is 0 Å². The van der Waals surface area contributed by atoms with Crippen LogP contribution in [0.15, 0.2) is 18.2 Å². The molecule has 0 bridgehead atoms. The van der Waals surface area contributed by atoms with Gasteiger partial charge in [0.2, 0.25) is 0 Å². The van der Waals surface area contributed by atoms with Gasteiger partial charge in [0.15, 0.2) is 6.10 Å². The number of carbonyl (C=O) groups excluding carboxylic acids is 2. The van der Waals surface area contributed by atoms with E-state index in [-0.39, 0.29) is 17.2 Å². The van der Waals surface area contributed by atoms with Gasteiger partial charge in [0.25, 0.3) is 11.6 Å². The lowest BCUT2D eigenvalue weighted by atomic mass is 9.89. The van der Waals surface area contributed by atoms with E-state index in [0.717, 1.165) is 12.8 Å². The van der Waals surface area contributed by atoms with E-state index >= 15 is 0 Å². The van der Waals surface area contributed by atoms with Crippen LogP contribution in [0.5, 0.6) is 0 Å². The molecule has 25 heavy (non-hydrogen) atoms. The summed E-state index contributed by atoms with van der Waals surface area (Å²) < 4.78 is 5.17. The van der Waals surface area contributed by atoms with E-state index < -0.39 is 17.0 Å². The monoisotopic (exact) mass is 348 g/mol. The maximum Gasteiger partial charge on any atom is 0.338 e. The molecular formula is C18H24N2O5. The van der Waals surface area contributed by atoms with Crippen LogP contribution in [0, 0.1) is 23.0 Å². The summed E-state index contributed by atoms with van der Waals surface area (Å²) >= 11 is 0. The summed E-state index contributed by atoms with van der Waals surface area (Å²) in [6.07, 6.45) is 4.99. The smallest absolute Gasteiger partial charge is 0.338 e. The SMILES string of the molecule is Cc1cc(C(=O)O[C@H](C)C(=O)NCC2CCCCC2)ccc1[N+](=O)[O-].